The largest absolute Gasteiger partial charge is 0.506 e. The zero-order valence-corrected chi connectivity index (χ0v) is 18.1. The average Bonchev–Trinajstić information content (AvgIpc) is 2.99. The Bertz CT molecular complexity index is 1060. The maximum Gasteiger partial charge on any atom is 0.271 e. The first-order chi connectivity index (χ1) is 14.3. The fourth-order valence-corrected chi connectivity index (χ4v) is 3.56. The van der Waals surface area contributed by atoms with Crippen LogP contribution in [-0.4, -0.2) is 39.1 Å². The summed E-state index contributed by atoms with van der Waals surface area (Å²) in [5.41, 5.74) is 9.31. The minimum Gasteiger partial charge on any atom is -0.506 e. The second-order valence-electron chi connectivity index (χ2n) is 7.44. The molecule has 0 aliphatic heterocycles. The molecule has 0 spiro atoms. The number of ether oxygens (including phenoxy) is 1. The highest BCUT2D eigenvalue weighted by Crippen LogP contribution is 2.22. The van der Waals surface area contributed by atoms with E-state index < -0.39 is 0 Å². The summed E-state index contributed by atoms with van der Waals surface area (Å²) in [6, 6.07) is 9.11. The molecule has 3 aromatic rings. The Morgan fingerprint density at radius 1 is 1.33 bits per heavy atom. The number of amides is 1. The Morgan fingerprint density at radius 2 is 2.10 bits per heavy atom. The topological polar surface area (TPSA) is 97.5 Å². The Morgan fingerprint density at radius 3 is 2.80 bits per heavy atom. The molecule has 0 saturated carbocycles. The lowest BCUT2D eigenvalue weighted by Gasteiger charge is -2.18. The quantitative estimate of drug-likeness (QED) is 0.550. The number of pyridine rings is 1. The zero-order chi connectivity index (χ0) is 21.8. The molecule has 8 nitrogen and oxygen atoms in total. The van der Waals surface area contributed by atoms with Crippen molar-refractivity contribution in [2.75, 3.05) is 13.7 Å². The van der Waals surface area contributed by atoms with Gasteiger partial charge in [-0.05, 0) is 37.6 Å². The van der Waals surface area contributed by atoms with Gasteiger partial charge in [-0.2, -0.15) is 0 Å². The number of fused-ring (bicyclic) bond motifs is 1. The molecule has 0 fully saturated rings. The number of hydrogen-bond donors (Lipinski definition) is 2. The first kappa shape index (κ1) is 21.6. The van der Waals surface area contributed by atoms with E-state index in [1.165, 1.54) is 4.90 Å². The van der Waals surface area contributed by atoms with Gasteiger partial charge in [0.1, 0.15) is 17.2 Å². The van der Waals surface area contributed by atoms with Crippen LogP contribution in [0.4, 0.5) is 0 Å². The molecule has 160 valence electrons. The van der Waals surface area contributed by atoms with Crippen LogP contribution in [0.25, 0.3) is 11.0 Å². The third kappa shape index (κ3) is 4.38. The van der Waals surface area contributed by atoms with Crippen molar-refractivity contribution < 1.29 is 19.2 Å². The van der Waals surface area contributed by atoms with E-state index in [1.54, 1.807) is 19.2 Å². The summed E-state index contributed by atoms with van der Waals surface area (Å²) >= 11 is 0. The molecule has 1 amide bonds. The summed E-state index contributed by atoms with van der Waals surface area (Å²) in [7, 11) is 3.67. The summed E-state index contributed by atoms with van der Waals surface area (Å²) in [4.78, 5) is 18.3. The van der Waals surface area contributed by atoms with E-state index >= 15 is 0 Å². The Hall–Kier alpha value is -3.13. The SMILES string of the molecule is CCCn1c(CN)[n+](C)c2ccc(OCC(=O)N(C)Cc3nc(C)ccc3O)cc21. The summed E-state index contributed by atoms with van der Waals surface area (Å²) in [5.74, 6) is 1.55. The number of imidazole rings is 1. The second-order valence-corrected chi connectivity index (χ2v) is 7.44. The van der Waals surface area contributed by atoms with Crippen LogP contribution in [0.5, 0.6) is 11.5 Å². The number of nitrogens with zero attached hydrogens (tertiary/aromatic N) is 4. The number of aromatic hydroxyl groups is 1. The van der Waals surface area contributed by atoms with Gasteiger partial charge in [-0.25, -0.2) is 9.13 Å². The molecule has 2 heterocycles. The minimum atomic E-state index is -0.199. The number of benzene rings is 1. The number of likely N-dealkylation sites (N-methyl/N-ethyl adjacent to an activating group) is 1. The predicted octanol–water partition coefficient (Wildman–Crippen LogP) is 1.78. The monoisotopic (exact) mass is 412 g/mol. The predicted molar refractivity (Wildman–Crippen MR) is 114 cm³/mol. The van der Waals surface area contributed by atoms with Crippen LogP contribution < -0.4 is 15.0 Å². The molecule has 0 radical (unpaired) electrons. The first-order valence-electron chi connectivity index (χ1n) is 10.1. The van der Waals surface area contributed by atoms with Crippen molar-refractivity contribution in [3.8, 4) is 11.5 Å². The fourth-order valence-electron chi connectivity index (χ4n) is 3.56. The molecule has 30 heavy (non-hydrogen) atoms. The van der Waals surface area contributed by atoms with Crippen LogP contribution in [0.2, 0.25) is 0 Å². The number of nitrogens with two attached hydrogens (primary N) is 1. The number of carbonyl (C=O) groups excluding carboxylic acids is 1. The second kappa shape index (κ2) is 9.13. The Balaban J connectivity index is 1.72. The van der Waals surface area contributed by atoms with Gasteiger partial charge in [-0.3, -0.25) is 9.78 Å². The highest BCUT2D eigenvalue weighted by atomic mass is 16.5. The van der Waals surface area contributed by atoms with Crippen molar-refractivity contribution in [3.63, 3.8) is 0 Å². The van der Waals surface area contributed by atoms with Gasteiger partial charge in [-0.1, -0.05) is 6.92 Å². The number of rotatable bonds is 8. The lowest BCUT2D eigenvalue weighted by Crippen LogP contribution is -2.34. The molecule has 2 aromatic heterocycles. The van der Waals surface area contributed by atoms with Crippen LogP contribution in [-0.2, 0) is 31.5 Å². The zero-order valence-electron chi connectivity index (χ0n) is 18.1. The van der Waals surface area contributed by atoms with Crippen LogP contribution >= 0.6 is 0 Å². The normalized spacial score (nSPS) is 11.1. The van der Waals surface area contributed by atoms with Crippen molar-refractivity contribution in [3.05, 3.63) is 47.5 Å². The summed E-state index contributed by atoms with van der Waals surface area (Å²) in [5, 5.41) is 9.94. The Labute approximate surface area is 176 Å². The van der Waals surface area contributed by atoms with E-state index in [1.807, 2.05) is 32.2 Å². The summed E-state index contributed by atoms with van der Waals surface area (Å²) in [6.45, 7) is 5.39. The van der Waals surface area contributed by atoms with Crippen LogP contribution in [0.3, 0.4) is 0 Å². The maximum absolute atomic E-state index is 12.5. The van der Waals surface area contributed by atoms with Crippen LogP contribution in [0.1, 0.15) is 30.6 Å². The number of carbonyl (C=O) groups is 1. The molecule has 0 atom stereocenters. The van der Waals surface area contributed by atoms with Crippen molar-refractivity contribution in [1.82, 2.24) is 14.5 Å². The number of aryl methyl sites for hydroxylation is 3. The third-order valence-electron chi connectivity index (χ3n) is 5.19. The molecule has 8 heteroatoms. The molecule has 0 bridgehead atoms. The van der Waals surface area contributed by atoms with E-state index in [-0.39, 0.29) is 24.8 Å². The van der Waals surface area contributed by atoms with Gasteiger partial charge in [0.2, 0.25) is 0 Å². The molecular weight excluding hydrogens is 382 g/mol. The average molecular weight is 413 g/mol. The highest BCUT2D eigenvalue weighted by Gasteiger charge is 2.22. The summed E-state index contributed by atoms with van der Waals surface area (Å²) < 4.78 is 10.1. The fraction of sp³-hybridized carbons (Fsp3) is 0.409. The van der Waals surface area contributed by atoms with Gasteiger partial charge >= 0.3 is 0 Å². The van der Waals surface area contributed by atoms with Crippen molar-refractivity contribution >= 4 is 16.9 Å². The molecule has 0 saturated heterocycles. The van der Waals surface area contributed by atoms with Crippen LogP contribution in [0, 0.1) is 6.92 Å². The lowest BCUT2D eigenvalue weighted by molar-refractivity contribution is -0.654. The highest BCUT2D eigenvalue weighted by molar-refractivity contribution is 5.78. The van der Waals surface area contributed by atoms with E-state index in [2.05, 4.69) is 21.0 Å². The molecular formula is C22H30N5O3+. The van der Waals surface area contributed by atoms with Crippen molar-refractivity contribution in [2.45, 2.75) is 39.9 Å². The first-order valence-corrected chi connectivity index (χ1v) is 10.1. The molecule has 0 aliphatic rings. The van der Waals surface area contributed by atoms with Gasteiger partial charge in [-0.15, -0.1) is 0 Å². The number of aromatic nitrogens is 3. The van der Waals surface area contributed by atoms with Gasteiger partial charge < -0.3 is 20.5 Å². The molecule has 3 rings (SSSR count). The van der Waals surface area contributed by atoms with Crippen molar-refractivity contribution in [2.24, 2.45) is 12.8 Å². The summed E-state index contributed by atoms with van der Waals surface area (Å²) in [6.07, 6.45) is 0.991. The maximum atomic E-state index is 12.5. The molecule has 3 N–H and O–H groups in total. The van der Waals surface area contributed by atoms with E-state index in [0.717, 1.165) is 35.5 Å². The van der Waals surface area contributed by atoms with Gasteiger partial charge in [0.25, 0.3) is 11.7 Å². The van der Waals surface area contributed by atoms with E-state index in [9.17, 15) is 9.90 Å². The van der Waals surface area contributed by atoms with Crippen LogP contribution in [0.15, 0.2) is 30.3 Å². The van der Waals surface area contributed by atoms with Gasteiger partial charge in [0.15, 0.2) is 17.6 Å². The third-order valence-corrected chi connectivity index (χ3v) is 5.19. The van der Waals surface area contributed by atoms with Gasteiger partial charge in [0.05, 0.1) is 26.7 Å². The van der Waals surface area contributed by atoms with Crippen molar-refractivity contribution in [1.29, 1.82) is 0 Å². The number of hydrogen-bond acceptors (Lipinski definition) is 5. The minimum absolute atomic E-state index is 0.0758. The smallest absolute Gasteiger partial charge is 0.271 e. The van der Waals surface area contributed by atoms with E-state index in [0.29, 0.717) is 18.0 Å². The molecule has 0 aliphatic carbocycles. The molecule has 1 aromatic carbocycles. The van der Waals surface area contributed by atoms with Gasteiger partial charge in [0, 0.05) is 18.8 Å². The Kier molecular flexibility index (Phi) is 6.56. The molecule has 0 unspecified atom stereocenters. The lowest BCUT2D eigenvalue weighted by atomic mass is 10.2. The van der Waals surface area contributed by atoms with E-state index in [4.69, 9.17) is 10.5 Å². The standard InChI is InChI=1S/C22H29N5O3/c1-5-10-27-19-11-16(7-8-18(19)26(4)21(27)12-23)30-14-22(29)25(3)13-17-20(28)9-6-15(2)24-17/h6-9,11H,5,10,12-14,23H2,1-4H3/p+1.